The maximum atomic E-state index is 11.5. The van der Waals surface area contributed by atoms with Crippen molar-refractivity contribution in [3.63, 3.8) is 0 Å². The van der Waals surface area contributed by atoms with Crippen LogP contribution in [0.2, 0.25) is 0 Å². The monoisotopic (exact) mass is 236 g/mol. The normalized spacial score (nSPS) is 10.6. The number of hydrogen-bond donors (Lipinski definition) is 2. The number of carbonyl (C=O) groups excluding carboxylic acids is 1. The largest absolute Gasteiger partial charge is 0.369 e. The van der Waals surface area contributed by atoms with Crippen LogP contribution in [-0.2, 0) is 22.6 Å². The summed E-state index contributed by atoms with van der Waals surface area (Å²) in [4.78, 5) is 11.5. The van der Waals surface area contributed by atoms with E-state index in [1.54, 1.807) is 0 Å². The average molecular weight is 236 g/mol. The van der Waals surface area contributed by atoms with E-state index in [2.05, 4.69) is 5.32 Å². The summed E-state index contributed by atoms with van der Waals surface area (Å²) in [6.07, 6.45) is 0.0667. The summed E-state index contributed by atoms with van der Waals surface area (Å²) in [5, 5.41) is 2.81. The minimum atomic E-state index is -0.106. The first-order chi connectivity index (χ1) is 8.13. The van der Waals surface area contributed by atoms with Crippen LogP contribution in [0.25, 0.3) is 0 Å². The highest BCUT2D eigenvalue weighted by atomic mass is 16.5. The molecule has 4 nitrogen and oxygen atoms in total. The fourth-order valence-corrected chi connectivity index (χ4v) is 1.42. The van der Waals surface area contributed by atoms with Crippen LogP contribution in [0.4, 0.5) is 0 Å². The minimum Gasteiger partial charge on any atom is -0.369 e. The zero-order chi connectivity index (χ0) is 12.7. The van der Waals surface area contributed by atoms with Gasteiger partial charge in [-0.3, -0.25) is 4.79 Å². The quantitative estimate of drug-likeness (QED) is 0.779. The van der Waals surface area contributed by atoms with Gasteiger partial charge in [-0.2, -0.15) is 0 Å². The molecule has 0 aliphatic heterocycles. The smallest absolute Gasteiger partial charge is 0.246 e. The van der Waals surface area contributed by atoms with Crippen LogP contribution < -0.4 is 11.1 Å². The van der Waals surface area contributed by atoms with Crippen molar-refractivity contribution >= 4 is 5.91 Å². The number of nitrogens with two attached hydrogens (primary N) is 1. The van der Waals surface area contributed by atoms with Gasteiger partial charge >= 0.3 is 0 Å². The summed E-state index contributed by atoms with van der Waals surface area (Å²) in [6.45, 7) is 4.87. The fourth-order valence-electron chi connectivity index (χ4n) is 1.42. The Hall–Kier alpha value is -1.39. The Kier molecular flexibility index (Phi) is 5.66. The molecule has 0 aliphatic carbocycles. The molecule has 4 heteroatoms. The Morgan fingerprint density at radius 1 is 1.35 bits per heavy atom. The molecule has 0 aliphatic rings. The maximum Gasteiger partial charge on any atom is 0.246 e. The summed E-state index contributed by atoms with van der Waals surface area (Å²) < 4.78 is 5.21. The molecule has 0 unspecified atom stereocenters. The molecular formula is C13H20N2O2. The summed E-state index contributed by atoms with van der Waals surface area (Å²) in [6, 6.07) is 7.80. The van der Waals surface area contributed by atoms with E-state index < -0.39 is 0 Å². The first-order valence-corrected chi connectivity index (χ1v) is 5.78. The van der Waals surface area contributed by atoms with Crippen molar-refractivity contribution in [1.82, 2.24) is 5.32 Å². The Bertz CT molecular complexity index is 364. The van der Waals surface area contributed by atoms with Crippen molar-refractivity contribution in [2.24, 2.45) is 5.73 Å². The topological polar surface area (TPSA) is 64.3 Å². The van der Waals surface area contributed by atoms with Gasteiger partial charge < -0.3 is 15.8 Å². The number of hydrogen-bond acceptors (Lipinski definition) is 3. The van der Waals surface area contributed by atoms with Gasteiger partial charge in [0.2, 0.25) is 5.91 Å². The summed E-state index contributed by atoms with van der Waals surface area (Å²) >= 11 is 0. The van der Waals surface area contributed by atoms with E-state index in [0.29, 0.717) is 13.1 Å². The van der Waals surface area contributed by atoms with E-state index in [4.69, 9.17) is 10.5 Å². The number of benzene rings is 1. The first-order valence-electron chi connectivity index (χ1n) is 5.78. The van der Waals surface area contributed by atoms with Crippen LogP contribution >= 0.6 is 0 Å². The molecule has 0 bridgehead atoms. The highest BCUT2D eigenvalue weighted by Crippen LogP contribution is 2.07. The fraction of sp³-hybridized carbons (Fsp3) is 0.462. The van der Waals surface area contributed by atoms with Crippen molar-refractivity contribution in [2.75, 3.05) is 6.61 Å². The molecule has 0 saturated heterocycles. The van der Waals surface area contributed by atoms with Crippen LogP contribution in [0.1, 0.15) is 25.0 Å². The predicted molar refractivity (Wildman–Crippen MR) is 67.3 cm³/mol. The number of rotatable bonds is 6. The lowest BCUT2D eigenvalue weighted by Crippen LogP contribution is -2.28. The molecule has 0 saturated carbocycles. The number of carbonyl (C=O) groups is 1. The van der Waals surface area contributed by atoms with E-state index in [0.717, 1.165) is 11.1 Å². The number of ether oxygens (including phenoxy) is 1. The van der Waals surface area contributed by atoms with Crippen molar-refractivity contribution in [1.29, 1.82) is 0 Å². The lowest BCUT2D eigenvalue weighted by molar-refractivity contribution is -0.127. The van der Waals surface area contributed by atoms with E-state index in [9.17, 15) is 4.79 Å². The lowest BCUT2D eigenvalue weighted by Gasteiger charge is -2.10. The molecule has 94 valence electrons. The molecule has 1 rings (SSSR count). The van der Waals surface area contributed by atoms with Crippen molar-refractivity contribution < 1.29 is 9.53 Å². The third-order valence-corrected chi connectivity index (χ3v) is 2.36. The van der Waals surface area contributed by atoms with Crippen LogP contribution in [-0.4, -0.2) is 18.6 Å². The lowest BCUT2D eigenvalue weighted by atomic mass is 10.1. The van der Waals surface area contributed by atoms with Gasteiger partial charge in [-0.15, -0.1) is 0 Å². The highest BCUT2D eigenvalue weighted by molar-refractivity contribution is 5.77. The van der Waals surface area contributed by atoms with Gasteiger partial charge in [-0.05, 0) is 25.0 Å². The van der Waals surface area contributed by atoms with Crippen molar-refractivity contribution in [3.05, 3.63) is 35.4 Å². The average Bonchev–Trinajstić information content (AvgIpc) is 2.34. The van der Waals surface area contributed by atoms with Gasteiger partial charge in [0.25, 0.3) is 0 Å². The van der Waals surface area contributed by atoms with Crippen LogP contribution in [0, 0.1) is 0 Å². The van der Waals surface area contributed by atoms with Gasteiger partial charge in [0.05, 0.1) is 6.10 Å². The molecule has 0 atom stereocenters. The van der Waals surface area contributed by atoms with E-state index in [1.807, 2.05) is 38.1 Å². The molecule has 0 radical (unpaired) electrons. The standard InChI is InChI=1S/C13H20N2O2/c1-10(2)17-9-13(16)15-8-12-6-4-3-5-11(12)7-14/h3-6,10H,7-9,14H2,1-2H3,(H,15,16). The third-order valence-electron chi connectivity index (χ3n) is 2.36. The summed E-state index contributed by atoms with van der Waals surface area (Å²) in [5.74, 6) is -0.106. The van der Waals surface area contributed by atoms with Crippen molar-refractivity contribution in [3.8, 4) is 0 Å². The zero-order valence-electron chi connectivity index (χ0n) is 10.4. The van der Waals surface area contributed by atoms with Gasteiger partial charge in [0.1, 0.15) is 6.61 Å². The number of nitrogens with one attached hydrogen (secondary N) is 1. The SMILES string of the molecule is CC(C)OCC(=O)NCc1ccccc1CN. The first kappa shape index (κ1) is 13.7. The molecule has 3 N–H and O–H groups in total. The third kappa shape index (κ3) is 4.97. The highest BCUT2D eigenvalue weighted by Gasteiger charge is 2.04. The molecule has 0 heterocycles. The summed E-state index contributed by atoms with van der Waals surface area (Å²) in [5.41, 5.74) is 7.72. The Morgan fingerprint density at radius 2 is 2.00 bits per heavy atom. The van der Waals surface area contributed by atoms with Crippen LogP contribution in [0.5, 0.6) is 0 Å². The van der Waals surface area contributed by atoms with Crippen LogP contribution in [0.3, 0.4) is 0 Å². The molecule has 1 amide bonds. The predicted octanol–water partition coefficient (Wildman–Crippen LogP) is 1.19. The van der Waals surface area contributed by atoms with E-state index in [-0.39, 0.29) is 18.6 Å². The molecular weight excluding hydrogens is 216 g/mol. The Morgan fingerprint density at radius 3 is 2.59 bits per heavy atom. The second-order valence-electron chi connectivity index (χ2n) is 4.11. The second kappa shape index (κ2) is 7.04. The van der Waals surface area contributed by atoms with Crippen molar-refractivity contribution in [2.45, 2.75) is 33.0 Å². The zero-order valence-corrected chi connectivity index (χ0v) is 10.4. The molecule has 1 aromatic carbocycles. The van der Waals surface area contributed by atoms with Gasteiger partial charge in [-0.1, -0.05) is 24.3 Å². The molecule has 17 heavy (non-hydrogen) atoms. The van der Waals surface area contributed by atoms with Gasteiger partial charge in [-0.25, -0.2) is 0 Å². The molecule has 0 spiro atoms. The molecule has 0 aromatic heterocycles. The Labute approximate surface area is 102 Å². The van der Waals surface area contributed by atoms with Crippen LogP contribution in [0.15, 0.2) is 24.3 Å². The van der Waals surface area contributed by atoms with Gasteiger partial charge in [0, 0.05) is 13.1 Å². The molecule has 0 fully saturated rings. The van der Waals surface area contributed by atoms with E-state index >= 15 is 0 Å². The van der Waals surface area contributed by atoms with Gasteiger partial charge in [0.15, 0.2) is 0 Å². The van der Waals surface area contributed by atoms with E-state index in [1.165, 1.54) is 0 Å². The summed E-state index contributed by atoms with van der Waals surface area (Å²) in [7, 11) is 0. The Balaban J connectivity index is 2.42. The minimum absolute atomic E-state index is 0.0667. The number of amides is 1. The molecule has 1 aromatic rings. The maximum absolute atomic E-state index is 11.5. The second-order valence-corrected chi connectivity index (χ2v) is 4.11.